The lowest BCUT2D eigenvalue weighted by Crippen LogP contribution is -2.53. The third kappa shape index (κ3) is 6.84. The molecule has 0 aliphatic heterocycles. The molecule has 2 unspecified atom stereocenters. The van der Waals surface area contributed by atoms with Gasteiger partial charge in [-0.25, -0.2) is 17.2 Å². The lowest BCUT2D eigenvalue weighted by Gasteiger charge is -2.40. The number of carbonyl (C=O) groups is 1. The summed E-state index contributed by atoms with van der Waals surface area (Å²) in [6.07, 6.45) is 4.68. The summed E-state index contributed by atoms with van der Waals surface area (Å²) in [6.45, 7) is 1.42. The maximum atomic E-state index is 13.6. The van der Waals surface area contributed by atoms with E-state index in [1.54, 1.807) is 18.2 Å². The van der Waals surface area contributed by atoms with Gasteiger partial charge in [0.05, 0.1) is 17.0 Å². The monoisotopic (exact) mass is 494 g/mol. The zero-order chi connectivity index (χ0) is 24.9. The van der Waals surface area contributed by atoms with Crippen LogP contribution in [0, 0.1) is 11.6 Å². The molecule has 1 amide bonds. The molecule has 34 heavy (non-hydrogen) atoms. The minimum Gasteiger partial charge on any atom is -0.390 e. The Balaban J connectivity index is 1.82. The second-order valence-corrected chi connectivity index (χ2v) is 11.2. The van der Waals surface area contributed by atoms with E-state index in [4.69, 9.17) is 0 Å². The van der Waals surface area contributed by atoms with Crippen LogP contribution in [0.4, 0.5) is 8.78 Å². The molecule has 9 heteroatoms. The smallest absolute Gasteiger partial charge is 0.217 e. The normalized spacial score (nSPS) is 17.7. The Bertz CT molecular complexity index is 1100. The Labute approximate surface area is 199 Å². The number of rotatable bonds is 9. The van der Waals surface area contributed by atoms with Crippen molar-refractivity contribution in [1.29, 1.82) is 0 Å². The van der Waals surface area contributed by atoms with Gasteiger partial charge in [-0.3, -0.25) is 4.79 Å². The second-order valence-electron chi connectivity index (χ2n) is 9.18. The van der Waals surface area contributed by atoms with Gasteiger partial charge in [0.1, 0.15) is 11.6 Å². The molecule has 0 bridgehead atoms. The highest BCUT2D eigenvalue weighted by molar-refractivity contribution is 7.90. The second kappa shape index (κ2) is 10.9. The number of carbonyl (C=O) groups excluding carboxylic acids is 1. The zero-order valence-electron chi connectivity index (χ0n) is 19.5. The topological polar surface area (TPSA) is 95.5 Å². The summed E-state index contributed by atoms with van der Waals surface area (Å²) < 4.78 is 51.5. The fourth-order valence-electron chi connectivity index (χ4n) is 4.72. The largest absolute Gasteiger partial charge is 0.390 e. The van der Waals surface area contributed by atoms with E-state index in [0.717, 1.165) is 43.7 Å². The van der Waals surface area contributed by atoms with Crippen LogP contribution in [0.5, 0.6) is 0 Å². The molecule has 3 N–H and O–H groups in total. The number of aliphatic hydroxyl groups is 1. The third-order valence-corrected chi connectivity index (χ3v) is 7.51. The van der Waals surface area contributed by atoms with Crippen LogP contribution in [0.25, 0.3) is 0 Å². The van der Waals surface area contributed by atoms with E-state index in [1.165, 1.54) is 25.3 Å². The van der Waals surface area contributed by atoms with Gasteiger partial charge in [0, 0.05) is 31.3 Å². The van der Waals surface area contributed by atoms with Crippen LogP contribution in [-0.2, 0) is 26.6 Å². The van der Waals surface area contributed by atoms with Crippen LogP contribution in [0.1, 0.15) is 50.2 Å². The van der Waals surface area contributed by atoms with Crippen molar-refractivity contribution in [1.82, 2.24) is 10.6 Å². The van der Waals surface area contributed by atoms with Crippen LogP contribution >= 0.6 is 0 Å². The summed E-state index contributed by atoms with van der Waals surface area (Å²) in [5, 5.41) is 17.1. The predicted octanol–water partition coefficient (Wildman–Crippen LogP) is 3.23. The van der Waals surface area contributed by atoms with Crippen molar-refractivity contribution in [3.8, 4) is 0 Å². The fraction of sp³-hybridized carbons (Fsp3) is 0.480. The molecule has 0 aromatic heterocycles. The molecular weight excluding hydrogens is 462 g/mol. The molecule has 186 valence electrons. The van der Waals surface area contributed by atoms with Crippen molar-refractivity contribution in [2.45, 2.75) is 68.0 Å². The van der Waals surface area contributed by atoms with Gasteiger partial charge in [0.25, 0.3) is 0 Å². The molecule has 2 aromatic rings. The molecule has 3 rings (SSSR count). The molecule has 1 fully saturated rings. The summed E-state index contributed by atoms with van der Waals surface area (Å²) >= 11 is 0. The number of hydrogen-bond acceptors (Lipinski definition) is 5. The van der Waals surface area contributed by atoms with E-state index < -0.39 is 39.2 Å². The van der Waals surface area contributed by atoms with Crippen molar-refractivity contribution >= 4 is 15.7 Å². The highest BCUT2D eigenvalue weighted by Gasteiger charge is 2.35. The average molecular weight is 495 g/mol. The quantitative estimate of drug-likeness (QED) is 0.498. The van der Waals surface area contributed by atoms with Crippen LogP contribution < -0.4 is 10.6 Å². The Morgan fingerprint density at radius 3 is 2.32 bits per heavy atom. The highest BCUT2D eigenvalue weighted by atomic mass is 32.2. The highest BCUT2D eigenvalue weighted by Crippen LogP contribution is 2.38. The van der Waals surface area contributed by atoms with Gasteiger partial charge in [-0.2, -0.15) is 0 Å². The van der Waals surface area contributed by atoms with Gasteiger partial charge < -0.3 is 15.7 Å². The molecule has 2 atom stereocenters. The molecule has 2 aromatic carbocycles. The Kier molecular flexibility index (Phi) is 8.43. The summed E-state index contributed by atoms with van der Waals surface area (Å²) in [7, 11) is -3.38. The first-order chi connectivity index (χ1) is 16.0. The van der Waals surface area contributed by atoms with Gasteiger partial charge in [0.2, 0.25) is 5.91 Å². The zero-order valence-corrected chi connectivity index (χ0v) is 20.3. The lowest BCUT2D eigenvalue weighted by atomic mass is 9.76. The van der Waals surface area contributed by atoms with Crippen LogP contribution in [0.3, 0.4) is 0 Å². The maximum absolute atomic E-state index is 13.6. The van der Waals surface area contributed by atoms with E-state index in [9.17, 15) is 27.1 Å². The van der Waals surface area contributed by atoms with Gasteiger partial charge in [-0.05, 0) is 54.7 Å². The van der Waals surface area contributed by atoms with Crippen LogP contribution in [-0.4, -0.2) is 44.4 Å². The number of amides is 1. The van der Waals surface area contributed by atoms with Gasteiger partial charge in [0.15, 0.2) is 9.84 Å². The Morgan fingerprint density at radius 1 is 1.09 bits per heavy atom. The minimum absolute atomic E-state index is 0.0493. The average Bonchev–Trinajstić information content (AvgIpc) is 2.76. The van der Waals surface area contributed by atoms with Crippen molar-refractivity contribution in [2.75, 3.05) is 12.8 Å². The molecule has 0 heterocycles. The first-order valence-corrected chi connectivity index (χ1v) is 13.3. The van der Waals surface area contributed by atoms with Crippen LogP contribution in [0.15, 0.2) is 47.4 Å². The molecule has 1 saturated carbocycles. The number of aliphatic hydroxyl groups excluding tert-OH is 1. The maximum Gasteiger partial charge on any atom is 0.217 e. The first-order valence-electron chi connectivity index (χ1n) is 11.4. The number of benzene rings is 2. The molecule has 1 aliphatic carbocycles. The van der Waals surface area contributed by atoms with E-state index >= 15 is 0 Å². The standard InChI is InChI=1S/C25H32F2N2O4S/c1-17(30)29-23(13-18-11-20(26)15-21(27)12-18)24(31)16-28-25(9-4-3-5-10-25)19-7-6-8-22(14-19)34(2,32)33/h6-8,11-12,14-15,23-24,28,31H,3-5,9-10,13,16H2,1-2H3,(H,29,30). The summed E-state index contributed by atoms with van der Waals surface area (Å²) in [6, 6.07) is 9.21. The van der Waals surface area contributed by atoms with Gasteiger partial charge in [-0.15, -0.1) is 0 Å². The minimum atomic E-state index is -3.38. The number of halogens is 2. The van der Waals surface area contributed by atoms with E-state index in [0.29, 0.717) is 5.56 Å². The van der Waals surface area contributed by atoms with Crippen molar-refractivity contribution in [3.05, 3.63) is 65.2 Å². The summed E-state index contributed by atoms with van der Waals surface area (Å²) in [4.78, 5) is 12.0. The van der Waals surface area contributed by atoms with Crippen molar-refractivity contribution in [2.24, 2.45) is 0 Å². The molecule has 0 spiro atoms. The molecule has 6 nitrogen and oxygen atoms in total. The number of hydrogen-bond donors (Lipinski definition) is 3. The Morgan fingerprint density at radius 2 is 1.74 bits per heavy atom. The number of nitrogens with one attached hydrogen (secondary N) is 2. The van der Waals surface area contributed by atoms with Crippen molar-refractivity contribution < 1.29 is 27.1 Å². The van der Waals surface area contributed by atoms with Crippen LogP contribution in [0.2, 0.25) is 0 Å². The van der Waals surface area contributed by atoms with E-state index in [-0.39, 0.29) is 23.8 Å². The Hall–Kier alpha value is -2.36. The third-order valence-electron chi connectivity index (χ3n) is 6.40. The fourth-order valence-corrected chi connectivity index (χ4v) is 5.38. The predicted molar refractivity (Wildman–Crippen MR) is 126 cm³/mol. The molecule has 0 saturated heterocycles. The van der Waals surface area contributed by atoms with E-state index in [2.05, 4.69) is 10.6 Å². The molecule has 1 aliphatic rings. The summed E-state index contributed by atoms with van der Waals surface area (Å²) in [5.74, 6) is -1.82. The van der Waals surface area contributed by atoms with Gasteiger partial charge in [-0.1, -0.05) is 31.4 Å². The molecular formula is C25H32F2N2O4S. The lowest BCUT2D eigenvalue weighted by molar-refractivity contribution is -0.120. The van der Waals surface area contributed by atoms with Crippen molar-refractivity contribution in [3.63, 3.8) is 0 Å². The molecule has 0 radical (unpaired) electrons. The van der Waals surface area contributed by atoms with E-state index in [1.807, 2.05) is 6.07 Å². The SMILES string of the molecule is CC(=O)NC(Cc1cc(F)cc(F)c1)C(O)CNC1(c2cccc(S(C)(=O)=O)c2)CCCCC1. The van der Waals surface area contributed by atoms with Gasteiger partial charge >= 0.3 is 0 Å². The number of sulfone groups is 1. The summed E-state index contributed by atoms with van der Waals surface area (Å²) in [5.41, 5.74) is 0.639. The first kappa shape index (κ1) is 26.2.